The zero-order chi connectivity index (χ0) is 20.2. The first kappa shape index (κ1) is 18.6. The van der Waals surface area contributed by atoms with Gasteiger partial charge in [-0.1, -0.05) is 30.3 Å². The first-order valence-electron chi connectivity index (χ1n) is 9.37. The van der Waals surface area contributed by atoms with Gasteiger partial charge < -0.3 is 15.3 Å². The van der Waals surface area contributed by atoms with E-state index in [1.807, 2.05) is 42.5 Å². The Kier molecular flexibility index (Phi) is 5.20. The van der Waals surface area contributed by atoms with Crippen LogP contribution in [0.15, 0.2) is 67.0 Å². The number of nitrogens with one attached hydrogen (secondary N) is 1. The van der Waals surface area contributed by atoms with Crippen LogP contribution in [0, 0.1) is 0 Å². The van der Waals surface area contributed by atoms with E-state index < -0.39 is 5.97 Å². The van der Waals surface area contributed by atoms with Gasteiger partial charge in [-0.2, -0.15) is 0 Å². The van der Waals surface area contributed by atoms with Crippen molar-refractivity contribution in [3.63, 3.8) is 0 Å². The lowest BCUT2D eigenvalue weighted by Crippen LogP contribution is -2.28. The van der Waals surface area contributed by atoms with E-state index in [1.54, 1.807) is 17.0 Å². The van der Waals surface area contributed by atoms with Crippen molar-refractivity contribution < 1.29 is 14.7 Å². The van der Waals surface area contributed by atoms with E-state index in [4.69, 9.17) is 5.11 Å². The van der Waals surface area contributed by atoms with Gasteiger partial charge in [0.25, 0.3) is 5.91 Å². The van der Waals surface area contributed by atoms with Crippen molar-refractivity contribution in [1.82, 2.24) is 14.9 Å². The quantitative estimate of drug-likeness (QED) is 0.694. The van der Waals surface area contributed by atoms with Crippen molar-refractivity contribution in [1.29, 1.82) is 0 Å². The first-order chi connectivity index (χ1) is 14.1. The predicted molar refractivity (Wildman–Crippen MR) is 108 cm³/mol. The molecular weight excluding hydrogens is 368 g/mol. The molecule has 3 aromatic rings. The molecule has 7 nitrogen and oxygen atoms in total. The van der Waals surface area contributed by atoms with Gasteiger partial charge >= 0.3 is 5.97 Å². The monoisotopic (exact) mass is 388 g/mol. The Labute approximate surface area is 168 Å². The van der Waals surface area contributed by atoms with Gasteiger partial charge in [0.2, 0.25) is 5.95 Å². The number of hydrogen-bond acceptors (Lipinski definition) is 5. The van der Waals surface area contributed by atoms with Crippen molar-refractivity contribution in [3.8, 4) is 0 Å². The van der Waals surface area contributed by atoms with E-state index in [1.165, 1.54) is 12.4 Å². The minimum absolute atomic E-state index is 0.0964. The molecule has 0 radical (unpaired) electrons. The summed E-state index contributed by atoms with van der Waals surface area (Å²) >= 11 is 0. The second kappa shape index (κ2) is 8.10. The van der Waals surface area contributed by atoms with Crippen LogP contribution >= 0.6 is 0 Å². The summed E-state index contributed by atoms with van der Waals surface area (Å²) in [7, 11) is 0. The molecule has 7 heteroatoms. The number of carboxylic acids is 1. The van der Waals surface area contributed by atoms with Crippen molar-refractivity contribution >= 4 is 23.5 Å². The number of carboxylic acid groups (broad SMARTS) is 1. The standard InChI is InChI=1S/C22H20N4O3/c27-20(18-12-23-22(24-13-18)25-19-4-2-1-3-5-19)26-11-10-17(14-26)15-6-8-16(9-7-15)21(28)29/h1-9,12-13,17H,10-11,14H2,(H,28,29)(H,23,24,25)/t17-/m1/s1. The van der Waals surface area contributed by atoms with E-state index in [0.717, 1.165) is 17.7 Å². The normalized spacial score (nSPS) is 15.9. The number of aromatic carboxylic acids is 1. The number of likely N-dealkylation sites (tertiary alicyclic amines) is 1. The zero-order valence-electron chi connectivity index (χ0n) is 15.7. The van der Waals surface area contributed by atoms with Crippen molar-refractivity contribution in [2.45, 2.75) is 12.3 Å². The van der Waals surface area contributed by atoms with E-state index in [0.29, 0.717) is 24.6 Å². The highest BCUT2D eigenvalue weighted by Crippen LogP contribution is 2.28. The van der Waals surface area contributed by atoms with Gasteiger partial charge in [0.1, 0.15) is 0 Å². The maximum atomic E-state index is 12.8. The van der Waals surface area contributed by atoms with Gasteiger partial charge in [0.05, 0.1) is 11.1 Å². The molecule has 2 aromatic carbocycles. The molecule has 0 spiro atoms. The van der Waals surface area contributed by atoms with Gasteiger partial charge in [-0.25, -0.2) is 14.8 Å². The summed E-state index contributed by atoms with van der Waals surface area (Å²) in [5.74, 6) is -0.404. The number of amides is 1. The Balaban J connectivity index is 1.39. The van der Waals surface area contributed by atoms with Crippen molar-refractivity contribution in [2.24, 2.45) is 0 Å². The predicted octanol–water partition coefficient (Wildman–Crippen LogP) is 3.55. The van der Waals surface area contributed by atoms with E-state index in [2.05, 4.69) is 15.3 Å². The van der Waals surface area contributed by atoms with E-state index in [-0.39, 0.29) is 17.4 Å². The molecule has 0 saturated carbocycles. The fourth-order valence-corrected chi connectivity index (χ4v) is 3.45. The largest absolute Gasteiger partial charge is 0.478 e. The molecule has 1 aromatic heterocycles. The third-order valence-corrected chi connectivity index (χ3v) is 5.03. The van der Waals surface area contributed by atoms with Crippen LogP contribution in [0.4, 0.5) is 11.6 Å². The van der Waals surface area contributed by atoms with Crippen LogP contribution in [0.2, 0.25) is 0 Å². The van der Waals surface area contributed by atoms with E-state index in [9.17, 15) is 9.59 Å². The number of carbonyl (C=O) groups is 2. The lowest BCUT2D eigenvalue weighted by molar-refractivity contribution is 0.0696. The number of para-hydroxylation sites is 1. The number of aromatic nitrogens is 2. The molecule has 1 saturated heterocycles. The number of carbonyl (C=O) groups excluding carboxylic acids is 1. The van der Waals surface area contributed by atoms with Gasteiger partial charge in [-0.3, -0.25) is 4.79 Å². The number of hydrogen-bond donors (Lipinski definition) is 2. The molecular formula is C22H20N4O3. The summed E-state index contributed by atoms with van der Waals surface area (Å²) in [6.07, 6.45) is 3.91. The molecule has 1 aliphatic heterocycles. The molecule has 1 amide bonds. The Bertz CT molecular complexity index is 1000. The Morgan fingerprint density at radius 2 is 1.66 bits per heavy atom. The molecule has 0 bridgehead atoms. The second-order valence-electron chi connectivity index (χ2n) is 6.95. The van der Waals surface area contributed by atoms with Crippen LogP contribution in [0.1, 0.15) is 38.6 Å². The fraction of sp³-hybridized carbons (Fsp3) is 0.182. The van der Waals surface area contributed by atoms with Crippen LogP contribution in [0.25, 0.3) is 0 Å². The third-order valence-electron chi connectivity index (χ3n) is 5.03. The molecule has 0 unspecified atom stereocenters. The van der Waals surface area contributed by atoms with Crippen LogP contribution in [0.5, 0.6) is 0 Å². The number of benzene rings is 2. The first-order valence-corrected chi connectivity index (χ1v) is 9.37. The van der Waals surface area contributed by atoms with Crippen LogP contribution in [-0.4, -0.2) is 44.9 Å². The minimum Gasteiger partial charge on any atom is -0.478 e. The molecule has 1 aliphatic rings. The summed E-state index contributed by atoms with van der Waals surface area (Å²) < 4.78 is 0. The Hall–Kier alpha value is -3.74. The molecule has 29 heavy (non-hydrogen) atoms. The number of rotatable bonds is 5. The molecule has 2 N–H and O–H groups in total. The highest BCUT2D eigenvalue weighted by atomic mass is 16.4. The molecule has 146 valence electrons. The molecule has 1 fully saturated rings. The van der Waals surface area contributed by atoms with E-state index >= 15 is 0 Å². The smallest absolute Gasteiger partial charge is 0.335 e. The highest BCUT2D eigenvalue weighted by Gasteiger charge is 2.28. The van der Waals surface area contributed by atoms with Gasteiger partial charge in [-0.15, -0.1) is 0 Å². The van der Waals surface area contributed by atoms with Crippen molar-refractivity contribution in [2.75, 3.05) is 18.4 Å². The summed E-state index contributed by atoms with van der Waals surface area (Å²) in [6.45, 7) is 1.24. The van der Waals surface area contributed by atoms with Gasteiger partial charge in [-0.05, 0) is 36.2 Å². The molecule has 1 atom stereocenters. The third kappa shape index (κ3) is 4.24. The topological polar surface area (TPSA) is 95.4 Å². The average Bonchev–Trinajstić information content (AvgIpc) is 3.25. The number of nitrogens with zero attached hydrogens (tertiary/aromatic N) is 3. The van der Waals surface area contributed by atoms with Crippen molar-refractivity contribution in [3.05, 3.63) is 83.7 Å². The summed E-state index contributed by atoms with van der Waals surface area (Å²) in [5, 5.41) is 12.1. The fourth-order valence-electron chi connectivity index (χ4n) is 3.45. The summed E-state index contributed by atoms with van der Waals surface area (Å²) in [5.41, 5.74) is 2.64. The maximum Gasteiger partial charge on any atom is 0.335 e. The lowest BCUT2D eigenvalue weighted by atomic mass is 9.97. The Morgan fingerprint density at radius 3 is 2.31 bits per heavy atom. The second-order valence-corrected chi connectivity index (χ2v) is 6.95. The minimum atomic E-state index is -0.940. The summed E-state index contributed by atoms with van der Waals surface area (Å²) in [4.78, 5) is 34.1. The van der Waals surface area contributed by atoms with Crippen LogP contribution in [0.3, 0.4) is 0 Å². The lowest BCUT2D eigenvalue weighted by Gasteiger charge is -2.16. The van der Waals surface area contributed by atoms with Gasteiger partial charge in [0.15, 0.2) is 0 Å². The summed E-state index contributed by atoms with van der Waals surface area (Å²) in [6, 6.07) is 16.5. The molecule has 4 rings (SSSR count). The highest BCUT2D eigenvalue weighted by molar-refractivity contribution is 5.94. The average molecular weight is 388 g/mol. The van der Waals surface area contributed by atoms with Gasteiger partial charge in [0, 0.05) is 37.1 Å². The SMILES string of the molecule is O=C(O)c1ccc([C@@H]2CCN(C(=O)c3cnc(Nc4ccccc4)nc3)C2)cc1. The number of anilines is 2. The van der Waals surface area contributed by atoms with Crippen LogP contribution in [-0.2, 0) is 0 Å². The molecule has 2 heterocycles. The maximum absolute atomic E-state index is 12.8. The zero-order valence-corrected chi connectivity index (χ0v) is 15.7. The van der Waals surface area contributed by atoms with Crippen LogP contribution < -0.4 is 5.32 Å². The molecule has 0 aliphatic carbocycles. The Morgan fingerprint density at radius 1 is 0.966 bits per heavy atom.